The summed E-state index contributed by atoms with van der Waals surface area (Å²) in [6.45, 7) is 0. The van der Waals surface area contributed by atoms with Crippen molar-refractivity contribution in [2.75, 3.05) is 14.2 Å². The molecule has 0 saturated heterocycles. The molecule has 0 fully saturated rings. The summed E-state index contributed by atoms with van der Waals surface area (Å²) in [6, 6.07) is 4.32. The first kappa shape index (κ1) is 10.8. The summed E-state index contributed by atoms with van der Waals surface area (Å²) >= 11 is 0. The number of rotatable bonds is 3. The minimum absolute atomic E-state index is 0.0532. The minimum atomic E-state index is -4.26. The third kappa shape index (κ3) is 1.97. The smallest absolute Gasteiger partial charge is 0.298 e. The predicted molar refractivity (Wildman–Crippen MR) is 50.5 cm³/mol. The summed E-state index contributed by atoms with van der Waals surface area (Å²) in [6.07, 6.45) is 0. The molecule has 0 aromatic heterocycles. The second-order valence-electron chi connectivity index (χ2n) is 2.51. The molecular formula is C8H10NO4S. The van der Waals surface area contributed by atoms with Crippen molar-refractivity contribution in [1.82, 2.24) is 5.32 Å². The molecule has 0 aliphatic heterocycles. The Balaban J connectivity index is 3.45. The number of hydrogen-bond donors (Lipinski definition) is 1. The Morgan fingerprint density at radius 2 is 2.07 bits per heavy atom. The van der Waals surface area contributed by atoms with Crippen LogP contribution in [0.2, 0.25) is 0 Å². The number of nitrogens with zero attached hydrogens (tertiary/aromatic N) is 1. The number of para-hydroxylation sites is 1. The second kappa shape index (κ2) is 3.85. The number of benzene rings is 1. The fraction of sp³-hybridized carbons (Fsp3) is 0.250. The molecule has 1 radical (unpaired) electrons. The minimum Gasteiger partial charge on any atom is -0.493 e. The molecule has 0 amide bonds. The Morgan fingerprint density at radius 3 is 2.50 bits per heavy atom. The molecule has 1 N–H and O–H groups in total. The van der Waals surface area contributed by atoms with Gasteiger partial charge in [0.05, 0.1) is 7.11 Å². The van der Waals surface area contributed by atoms with Crippen molar-refractivity contribution < 1.29 is 17.7 Å². The lowest BCUT2D eigenvalue weighted by atomic mass is 10.3. The maximum atomic E-state index is 10.9. The van der Waals surface area contributed by atoms with Crippen molar-refractivity contribution >= 4 is 15.8 Å². The number of hydrogen-bond acceptors (Lipinski definition) is 3. The molecule has 6 heteroatoms. The van der Waals surface area contributed by atoms with Crippen LogP contribution >= 0.6 is 0 Å². The van der Waals surface area contributed by atoms with Crippen LogP contribution in [0.4, 0.5) is 5.69 Å². The van der Waals surface area contributed by atoms with E-state index < -0.39 is 10.1 Å². The summed E-state index contributed by atoms with van der Waals surface area (Å²) < 4.78 is 35.6. The van der Waals surface area contributed by atoms with Gasteiger partial charge in [0, 0.05) is 7.05 Å². The van der Waals surface area contributed by atoms with E-state index in [9.17, 15) is 8.42 Å². The zero-order valence-electron chi connectivity index (χ0n) is 7.76. The molecule has 14 heavy (non-hydrogen) atoms. The maximum Gasteiger partial charge on any atom is 0.298 e. The molecule has 5 nitrogen and oxygen atoms in total. The Kier molecular flexibility index (Phi) is 2.97. The molecule has 77 valence electrons. The fourth-order valence-electron chi connectivity index (χ4n) is 1.09. The monoisotopic (exact) mass is 216 g/mol. The van der Waals surface area contributed by atoms with Crippen LogP contribution in [-0.2, 0) is 10.1 Å². The molecule has 0 aliphatic rings. The highest BCUT2D eigenvalue weighted by Crippen LogP contribution is 2.31. The van der Waals surface area contributed by atoms with Crippen LogP contribution < -0.4 is 10.1 Å². The first-order valence-corrected chi connectivity index (χ1v) is 5.19. The zero-order valence-corrected chi connectivity index (χ0v) is 8.58. The SMILES string of the molecule is C[N]c1cccc(S(=O)(=O)O)c1OC. The average molecular weight is 216 g/mol. The van der Waals surface area contributed by atoms with Crippen LogP contribution in [0.15, 0.2) is 23.1 Å². The highest BCUT2D eigenvalue weighted by atomic mass is 32.2. The van der Waals surface area contributed by atoms with Gasteiger partial charge in [0.2, 0.25) is 0 Å². The lowest BCUT2D eigenvalue weighted by Crippen LogP contribution is -2.03. The van der Waals surface area contributed by atoms with Crippen molar-refractivity contribution in [3.8, 4) is 5.75 Å². The van der Waals surface area contributed by atoms with E-state index in [1.807, 2.05) is 0 Å². The third-order valence-electron chi connectivity index (χ3n) is 1.68. The Labute approximate surface area is 82.5 Å². The highest BCUT2D eigenvalue weighted by Gasteiger charge is 2.18. The average Bonchev–Trinajstić information content (AvgIpc) is 2.15. The lowest BCUT2D eigenvalue weighted by molar-refractivity contribution is 0.397. The summed E-state index contributed by atoms with van der Waals surface area (Å²) in [5.74, 6) is 0.0532. The van der Waals surface area contributed by atoms with Crippen LogP contribution in [-0.4, -0.2) is 27.1 Å². The van der Waals surface area contributed by atoms with Crippen LogP contribution in [0.25, 0.3) is 0 Å². The van der Waals surface area contributed by atoms with Crippen molar-refractivity contribution in [3.05, 3.63) is 18.2 Å². The molecule has 0 saturated carbocycles. The number of ether oxygens (including phenoxy) is 1. The number of methoxy groups -OCH3 is 1. The Hall–Kier alpha value is -1.27. The molecule has 1 aromatic carbocycles. The summed E-state index contributed by atoms with van der Waals surface area (Å²) in [7, 11) is -1.44. The molecular weight excluding hydrogens is 206 g/mol. The van der Waals surface area contributed by atoms with Gasteiger partial charge < -0.3 is 4.74 Å². The van der Waals surface area contributed by atoms with Gasteiger partial charge in [0.15, 0.2) is 5.75 Å². The van der Waals surface area contributed by atoms with Gasteiger partial charge in [-0.1, -0.05) is 6.07 Å². The largest absolute Gasteiger partial charge is 0.493 e. The summed E-state index contributed by atoms with van der Waals surface area (Å²) in [4.78, 5) is -0.275. The predicted octanol–water partition coefficient (Wildman–Crippen LogP) is 0.808. The second-order valence-corrected chi connectivity index (χ2v) is 3.90. The van der Waals surface area contributed by atoms with Crippen molar-refractivity contribution in [1.29, 1.82) is 0 Å². The first-order chi connectivity index (χ1) is 6.50. The van der Waals surface area contributed by atoms with Gasteiger partial charge in [-0.3, -0.25) is 9.87 Å². The topological polar surface area (TPSA) is 77.7 Å². The van der Waals surface area contributed by atoms with Gasteiger partial charge in [0.25, 0.3) is 10.1 Å². The lowest BCUT2D eigenvalue weighted by Gasteiger charge is -2.09. The van der Waals surface area contributed by atoms with Gasteiger partial charge in [-0.05, 0) is 12.1 Å². The van der Waals surface area contributed by atoms with Gasteiger partial charge in [-0.15, -0.1) is 0 Å². The van der Waals surface area contributed by atoms with Crippen LogP contribution in [0.5, 0.6) is 5.75 Å². The Bertz CT molecular complexity index is 427. The van der Waals surface area contributed by atoms with E-state index >= 15 is 0 Å². The van der Waals surface area contributed by atoms with Gasteiger partial charge in [0.1, 0.15) is 10.6 Å². The molecule has 0 unspecified atom stereocenters. The molecule has 1 aromatic rings. The van der Waals surface area contributed by atoms with Crippen LogP contribution in [0.3, 0.4) is 0 Å². The van der Waals surface area contributed by atoms with E-state index in [0.717, 1.165) is 0 Å². The standard InChI is InChI=1S/C8H10NO4S/c1-9-6-4-3-5-7(8(6)13-2)14(10,11)12/h3-5H,1-2H3,(H,10,11,12). The van der Waals surface area contributed by atoms with Gasteiger partial charge in [-0.25, -0.2) is 0 Å². The summed E-state index contributed by atoms with van der Waals surface area (Å²) in [5.41, 5.74) is 0.377. The maximum absolute atomic E-state index is 10.9. The molecule has 1 rings (SSSR count). The van der Waals surface area contributed by atoms with Crippen molar-refractivity contribution in [2.24, 2.45) is 0 Å². The zero-order chi connectivity index (χ0) is 10.8. The molecule has 0 spiro atoms. The van der Waals surface area contributed by atoms with Gasteiger partial charge in [-0.2, -0.15) is 8.42 Å². The quantitative estimate of drug-likeness (QED) is 0.758. The fourth-order valence-corrected chi connectivity index (χ4v) is 1.76. The molecule has 0 heterocycles. The molecule has 0 bridgehead atoms. The van der Waals surface area contributed by atoms with E-state index in [0.29, 0.717) is 5.69 Å². The van der Waals surface area contributed by atoms with E-state index in [1.165, 1.54) is 26.3 Å². The van der Waals surface area contributed by atoms with E-state index in [4.69, 9.17) is 9.29 Å². The van der Waals surface area contributed by atoms with E-state index in [2.05, 4.69) is 5.32 Å². The van der Waals surface area contributed by atoms with Crippen LogP contribution in [0, 0.1) is 0 Å². The van der Waals surface area contributed by atoms with Crippen molar-refractivity contribution in [2.45, 2.75) is 4.90 Å². The Morgan fingerprint density at radius 1 is 1.43 bits per heavy atom. The first-order valence-electron chi connectivity index (χ1n) is 3.75. The van der Waals surface area contributed by atoms with Crippen molar-refractivity contribution in [3.63, 3.8) is 0 Å². The van der Waals surface area contributed by atoms with E-state index in [1.54, 1.807) is 6.07 Å². The normalized spacial score (nSPS) is 11.1. The highest BCUT2D eigenvalue weighted by molar-refractivity contribution is 7.86. The summed E-state index contributed by atoms with van der Waals surface area (Å²) in [5, 5.41) is 3.81. The molecule has 0 aliphatic carbocycles. The van der Waals surface area contributed by atoms with Crippen LogP contribution in [0.1, 0.15) is 0 Å². The van der Waals surface area contributed by atoms with Gasteiger partial charge >= 0.3 is 0 Å². The van der Waals surface area contributed by atoms with E-state index in [-0.39, 0.29) is 10.6 Å². The third-order valence-corrected chi connectivity index (χ3v) is 2.56. The molecule has 0 atom stereocenters.